The highest BCUT2D eigenvalue weighted by Crippen LogP contribution is 2.35. The molecule has 0 saturated carbocycles. The second-order valence-electron chi connectivity index (χ2n) is 3.73. The van der Waals surface area contributed by atoms with Gasteiger partial charge in [-0.15, -0.1) is 0 Å². The van der Waals surface area contributed by atoms with Crippen molar-refractivity contribution in [3.05, 3.63) is 41.5 Å². The summed E-state index contributed by atoms with van der Waals surface area (Å²) >= 11 is 2.10. The van der Waals surface area contributed by atoms with E-state index in [1.165, 1.54) is 0 Å². The molecular weight excluding hydrogens is 313 g/mol. The molecule has 0 fully saturated rings. The van der Waals surface area contributed by atoms with Crippen molar-refractivity contribution < 1.29 is 0 Å². The zero-order valence-corrected chi connectivity index (χ0v) is 10.4. The monoisotopic (exact) mass is 321 g/mol. The topological polar surface area (TPSA) is 59.7 Å². The zero-order chi connectivity index (χ0) is 11.3. The molecule has 0 unspecified atom stereocenters. The van der Waals surface area contributed by atoms with Crippen molar-refractivity contribution in [2.75, 3.05) is 3.53 Å². The Balaban J connectivity index is 2.54. The SMILES string of the molecule is N=C1C(=N)c2ccc(NI)c3cccc1c23. The molecule has 0 aliphatic heterocycles. The van der Waals surface area contributed by atoms with Gasteiger partial charge in [0.25, 0.3) is 0 Å². The Morgan fingerprint density at radius 2 is 1.62 bits per heavy atom. The first-order valence-corrected chi connectivity index (χ1v) is 5.92. The lowest BCUT2D eigenvalue weighted by Gasteiger charge is -2.05. The molecule has 1 aliphatic rings. The summed E-state index contributed by atoms with van der Waals surface area (Å²) < 4.78 is 3.11. The molecule has 1 aliphatic carbocycles. The predicted molar refractivity (Wildman–Crippen MR) is 75.2 cm³/mol. The molecule has 0 spiro atoms. The molecular formula is C12H8IN3. The molecule has 0 radical (unpaired) electrons. The summed E-state index contributed by atoms with van der Waals surface area (Å²) in [6.45, 7) is 0. The van der Waals surface area contributed by atoms with E-state index in [0.717, 1.165) is 27.6 Å². The number of anilines is 1. The number of halogens is 1. The van der Waals surface area contributed by atoms with Gasteiger partial charge in [0, 0.05) is 21.9 Å². The number of hydrogen-bond donors (Lipinski definition) is 3. The van der Waals surface area contributed by atoms with Crippen LogP contribution < -0.4 is 3.53 Å². The van der Waals surface area contributed by atoms with Crippen LogP contribution in [0.3, 0.4) is 0 Å². The van der Waals surface area contributed by atoms with E-state index in [1.807, 2.05) is 30.3 Å². The zero-order valence-electron chi connectivity index (χ0n) is 8.26. The van der Waals surface area contributed by atoms with E-state index < -0.39 is 0 Å². The van der Waals surface area contributed by atoms with Crippen LogP contribution >= 0.6 is 22.9 Å². The van der Waals surface area contributed by atoms with E-state index in [9.17, 15) is 0 Å². The standard InChI is InChI=1S/C12H8IN3/c13-16-9-5-4-8-10-6(9)2-1-3-7(10)11(14)12(8)15/h1-5,14-16H. The van der Waals surface area contributed by atoms with Crippen LogP contribution in [-0.2, 0) is 0 Å². The van der Waals surface area contributed by atoms with Crippen LogP contribution in [0.25, 0.3) is 10.8 Å². The maximum Gasteiger partial charge on any atom is 0.0874 e. The first kappa shape index (κ1) is 9.77. The molecule has 78 valence electrons. The highest BCUT2D eigenvalue weighted by Gasteiger charge is 2.24. The summed E-state index contributed by atoms with van der Waals surface area (Å²) in [6.07, 6.45) is 0. The number of nitrogens with one attached hydrogen (secondary N) is 3. The second kappa shape index (κ2) is 3.28. The third-order valence-corrected chi connectivity index (χ3v) is 3.51. The smallest absolute Gasteiger partial charge is 0.0874 e. The molecule has 2 aromatic rings. The van der Waals surface area contributed by atoms with Gasteiger partial charge in [-0.2, -0.15) is 0 Å². The summed E-state index contributed by atoms with van der Waals surface area (Å²) in [5.41, 5.74) is 3.41. The van der Waals surface area contributed by atoms with Crippen LogP contribution in [0.15, 0.2) is 30.3 Å². The highest BCUT2D eigenvalue weighted by atomic mass is 127. The molecule has 0 saturated heterocycles. The Morgan fingerprint density at radius 3 is 2.31 bits per heavy atom. The van der Waals surface area contributed by atoms with Gasteiger partial charge >= 0.3 is 0 Å². The van der Waals surface area contributed by atoms with Gasteiger partial charge in [-0.25, -0.2) is 0 Å². The molecule has 0 heterocycles. The minimum absolute atomic E-state index is 0.325. The Bertz CT molecular complexity index is 626. The quantitative estimate of drug-likeness (QED) is 0.547. The lowest BCUT2D eigenvalue weighted by molar-refractivity contribution is 1.49. The van der Waals surface area contributed by atoms with E-state index in [0.29, 0.717) is 11.4 Å². The molecule has 0 atom stereocenters. The molecule has 3 rings (SSSR count). The maximum atomic E-state index is 7.91. The fraction of sp³-hybridized carbons (Fsp3) is 0. The first-order chi connectivity index (χ1) is 7.74. The third kappa shape index (κ3) is 1.07. The molecule has 0 aromatic heterocycles. The average Bonchev–Trinajstić information content (AvgIpc) is 2.57. The third-order valence-electron chi connectivity index (χ3n) is 2.93. The van der Waals surface area contributed by atoms with Crippen LogP contribution in [-0.4, -0.2) is 11.4 Å². The fourth-order valence-corrected chi connectivity index (χ4v) is 2.65. The van der Waals surface area contributed by atoms with E-state index in [-0.39, 0.29) is 0 Å². The number of rotatable bonds is 1. The molecule has 4 heteroatoms. The van der Waals surface area contributed by atoms with Crippen molar-refractivity contribution in [3.63, 3.8) is 0 Å². The van der Waals surface area contributed by atoms with Crippen molar-refractivity contribution >= 4 is 50.7 Å². The van der Waals surface area contributed by atoms with Crippen molar-refractivity contribution in [1.29, 1.82) is 10.8 Å². The highest BCUT2D eigenvalue weighted by molar-refractivity contribution is 14.1. The van der Waals surface area contributed by atoms with Crippen LogP contribution in [0.2, 0.25) is 0 Å². The van der Waals surface area contributed by atoms with Crippen LogP contribution in [0, 0.1) is 10.8 Å². The summed E-state index contributed by atoms with van der Waals surface area (Å²) in [5, 5.41) is 17.9. The van der Waals surface area contributed by atoms with Gasteiger partial charge in [0.15, 0.2) is 0 Å². The Kier molecular flexibility index (Phi) is 2.00. The molecule has 0 amide bonds. The van der Waals surface area contributed by atoms with Gasteiger partial charge in [0.1, 0.15) is 0 Å². The van der Waals surface area contributed by atoms with Gasteiger partial charge in [0.2, 0.25) is 0 Å². The summed E-state index contributed by atoms with van der Waals surface area (Å²) in [5.74, 6) is 0. The minimum Gasteiger partial charge on any atom is -0.328 e. The Hall–Kier alpha value is -1.43. The summed E-state index contributed by atoms with van der Waals surface area (Å²) in [4.78, 5) is 0. The molecule has 0 bridgehead atoms. The van der Waals surface area contributed by atoms with E-state index in [4.69, 9.17) is 10.8 Å². The van der Waals surface area contributed by atoms with Gasteiger partial charge < -0.3 is 3.53 Å². The van der Waals surface area contributed by atoms with Gasteiger partial charge in [-0.1, -0.05) is 24.3 Å². The van der Waals surface area contributed by atoms with Crippen molar-refractivity contribution in [1.82, 2.24) is 0 Å². The lowest BCUT2D eigenvalue weighted by atomic mass is 10.0. The number of hydrogen-bond acceptors (Lipinski definition) is 3. The van der Waals surface area contributed by atoms with Crippen molar-refractivity contribution in [3.8, 4) is 0 Å². The largest absolute Gasteiger partial charge is 0.328 e. The minimum atomic E-state index is 0.325. The van der Waals surface area contributed by atoms with Gasteiger partial charge in [0.05, 0.1) is 40.0 Å². The van der Waals surface area contributed by atoms with E-state index in [2.05, 4.69) is 26.4 Å². The van der Waals surface area contributed by atoms with Gasteiger partial charge in [-0.05, 0) is 6.07 Å². The maximum absolute atomic E-state index is 7.91. The van der Waals surface area contributed by atoms with Crippen molar-refractivity contribution in [2.24, 2.45) is 0 Å². The Labute approximate surface area is 106 Å². The van der Waals surface area contributed by atoms with Crippen LogP contribution in [0.4, 0.5) is 5.69 Å². The lowest BCUT2D eigenvalue weighted by Crippen LogP contribution is -2.06. The number of benzene rings is 2. The van der Waals surface area contributed by atoms with E-state index >= 15 is 0 Å². The van der Waals surface area contributed by atoms with E-state index in [1.54, 1.807) is 0 Å². The second-order valence-corrected chi connectivity index (χ2v) is 4.27. The Morgan fingerprint density at radius 1 is 0.938 bits per heavy atom. The van der Waals surface area contributed by atoms with Crippen LogP contribution in [0.5, 0.6) is 0 Å². The summed E-state index contributed by atoms with van der Waals surface area (Å²) in [6, 6.07) is 9.74. The average molecular weight is 321 g/mol. The molecule has 2 aromatic carbocycles. The normalized spacial score (nSPS) is 13.6. The summed E-state index contributed by atoms with van der Waals surface area (Å²) in [7, 11) is 0. The van der Waals surface area contributed by atoms with Crippen LogP contribution in [0.1, 0.15) is 11.1 Å². The fourth-order valence-electron chi connectivity index (χ4n) is 2.18. The first-order valence-electron chi connectivity index (χ1n) is 4.84. The molecule has 3 N–H and O–H groups in total. The predicted octanol–water partition coefficient (Wildman–Crippen LogP) is 3.35. The van der Waals surface area contributed by atoms with Crippen molar-refractivity contribution in [2.45, 2.75) is 0 Å². The van der Waals surface area contributed by atoms with Gasteiger partial charge in [-0.3, -0.25) is 10.8 Å². The molecule has 16 heavy (non-hydrogen) atoms. The molecule has 3 nitrogen and oxygen atoms in total.